The minimum atomic E-state index is 0.332. The standard InChI is InChI=1S/C18H29NO/c1-18(2,3)15-9-10-16(19)14(12-15)11-13-7-5-6-8-17(13)20-4/h5-8,14-16H,9-12,19H2,1-4H3. The second-order valence-corrected chi connectivity index (χ2v) is 7.32. The molecule has 1 saturated carbocycles. The first-order chi connectivity index (χ1) is 9.41. The first-order valence-electron chi connectivity index (χ1n) is 7.79. The Morgan fingerprint density at radius 1 is 1.20 bits per heavy atom. The average Bonchev–Trinajstić information content (AvgIpc) is 2.40. The molecule has 1 aromatic carbocycles. The molecule has 0 aliphatic heterocycles. The zero-order chi connectivity index (χ0) is 14.8. The van der Waals surface area contributed by atoms with Gasteiger partial charge < -0.3 is 10.5 Å². The summed E-state index contributed by atoms with van der Waals surface area (Å²) < 4.78 is 5.48. The molecule has 1 fully saturated rings. The van der Waals surface area contributed by atoms with Crippen LogP contribution in [0.15, 0.2) is 24.3 Å². The van der Waals surface area contributed by atoms with Crippen molar-refractivity contribution in [1.29, 1.82) is 0 Å². The predicted molar refractivity (Wildman–Crippen MR) is 85.0 cm³/mol. The van der Waals surface area contributed by atoms with Crippen molar-refractivity contribution < 1.29 is 4.74 Å². The molecule has 3 atom stereocenters. The molecular weight excluding hydrogens is 246 g/mol. The molecule has 0 heterocycles. The van der Waals surface area contributed by atoms with Gasteiger partial charge in [-0.2, -0.15) is 0 Å². The first kappa shape index (κ1) is 15.4. The van der Waals surface area contributed by atoms with Gasteiger partial charge >= 0.3 is 0 Å². The molecule has 2 nitrogen and oxygen atoms in total. The number of para-hydroxylation sites is 1. The van der Waals surface area contributed by atoms with E-state index in [4.69, 9.17) is 10.5 Å². The molecule has 0 bridgehead atoms. The highest BCUT2D eigenvalue weighted by Gasteiger charge is 2.34. The van der Waals surface area contributed by atoms with Crippen molar-refractivity contribution in [1.82, 2.24) is 0 Å². The van der Waals surface area contributed by atoms with Crippen LogP contribution in [0.1, 0.15) is 45.6 Å². The van der Waals surface area contributed by atoms with Crippen LogP contribution < -0.4 is 10.5 Å². The third kappa shape index (κ3) is 3.54. The zero-order valence-electron chi connectivity index (χ0n) is 13.4. The molecular formula is C18H29NO. The normalized spacial score (nSPS) is 27.4. The Labute approximate surface area is 123 Å². The van der Waals surface area contributed by atoms with Crippen LogP contribution >= 0.6 is 0 Å². The molecule has 0 radical (unpaired) electrons. The minimum Gasteiger partial charge on any atom is -0.496 e. The lowest BCUT2D eigenvalue weighted by molar-refractivity contribution is 0.126. The van der Waals surface area contributed by atoms with Gasteiger partial charge in [0.05, 0.1) is 7.11 Å². The highest BCUT2D eigenvalue weighted by Crippen LogP contribution is 2.41. The maximum absolute atomic E-state index is 6.38. The second kappa shape index (κ2) is 6.17. The fourth-order valence-corrected chi connectivity index (χ4v) is 3.46. The summed E-state index contributed by atoms with van der Waals surface area (Å²) in [5.74, 6) is 2.35. The van der Waals surface area contributed by atoms with Crippen LogP contribution in [0.25, 0.3) is 0 Å². The fraction of sp³-hybridized carbons (Fsp3) is 0.667. The Hall–Kier alpha value is -1.02. The van der Waals surface area contributed by atoms with Crippen LogP contribution in [0.3, 0.4) is 0 Å². The highest BCUT2D eigenvalue weighted by molar-refractivity contribution is 5.33. The maximum Gasteiger partial charge on any atom is 0.122 e. The maximum atomic E-state index is 6.38. The number of benzene rings is 1. The molecule has 112 valence electrons. The molecule has 0 saturated heterocycles. The van der Waals surface area contributed by atoms with Gasteiger partial charge in [-0.15, -0.1) is 0 Å². The molecule has 3 unspecified atom stereocenters. The van der Waals surface area contributed by atoms with E-state index in [0.29, 0.717) is 17.4 Å². The van der Waals surface area contributed by atoms with Gasteiger partial charge in [-0.05, 0) is 54.6 Å². The van der Waals surface area contributed by atoms with Crippen LogP contribution in [-0.4, -0.2) is 13.2 Å². The van der Waals surface area contributed by atoms with Crippen LogP contribution in [0.5, 0.6) is 5.75 Å². The third-order valence-corrected chi connectivity index (χ3v) is 4.94. The lowest BCUT2D eigenvalue weighted by Gasteiger charge is -2.41. The smallest absolute Gasteiger partial charge is 0.122 e. The average molecular weight is 275 g/mol. The zero-order valence-corrected chi connectivity index (χ0v) is 13.4. The van der Waals surface area contributed by atoms with E-state index in [2.05, 4.69) is 32.9 Å². The minimum absolute atomic E-state index is 0.332. The van der Waals surface area contributed by atoms with E-state index in [-0.39, 0.29) is 0 Å². The molecule has 20 heavy (non-hydrogen) atoms. The van der Waals surface area contributed by atoms with Gasteiger partial charge in [0.1, 0.15) is 5.75 Å². The van der Waals surface area contributed by atoms with E-state index >= 15 is 0 Å². The first-order valence-corrected chi connectivity index (χ1v) is 7.79. The van der Waals surface area contributed by atoms with Gasteiger partial charge in [-0.25, -0.2) is 0 Å². The van der Waals surface area contributed by atoms with Crippen molar-refractivity contribution in [2.45, 2.75) is 52.5 Å². The van der Waals surface area contributed by atoms with Gasteiger partial charge in [0.15, 0.2) is 0 Å². The van der Waals surface area contributed by atoms with Gasteiger partial charge in [-0.1, -0.05) is 39.0 Å². The summed E-state index contributed by atoms with van der Waals surface area (Å²) in [7, 11) is 1.75. The van der Waals surface area contributed by atoms with Gasteiger partial charge in [0, 0.05) is 6.04 Å². The van der Waals surface area contributed by atoms with E-state index in [1.165, 1.54) is 18.4 Å². The number of methoxy groups -OCH3 is 1. The fourth-order valence-electron chi connectivity index (χ4n) is 3.46. The topological polar surface area (TPSA) is 35.2 Å². The van der Waals surface area contributed by atoms with Crippen LogP contribution in [-0.2, 0) is 6.42 Å². The summed E-state index contributed by atoms with van der Waals surface area (Å²) in [5, 5.41) is 0. The Balaban J connectivity index is 2.10. The molecule has 1 aliphatic rings. The Morgan fingerprint density at radius 2 is 1.90 bits per heavy atom. The highest BCUT2D eigenvalue weighted by atomic mass is 16.5. The van der Waals surface area contributed by atoms with Crippen molar-refractivity contribution in [3.05, 3.63) is 29.8 Å². The number of hydrogen-bond donors (Lipinski definition) is 1. The largest absolute Gasteiger partial charge is 0.496 e. The Morgan fingerprint density at radius 3 is 2.55 bits per heavy atom. The Kier molecular flexibility index (Phi) is 4.74. The van der Waals surface area contributed by atoms with E-state index in [9.17, 15) is 0 Å². The number of nitrogens with two attached hydrogens (primary N) is 1. The second-order valence-electron chi connectivity index (χ2n) is 7.32. The van der Waals surface area contributed by atoms with Crippen molar-refractivity contribution in [2.75, 3.05) is 7.11 Å². The summed E-state index contributed by atoms with van der Waals surface area (Å²) in [6.07, 6.45) is 4.70. The van der Waals surface area contributed by atoms with Crippen molar-refractivity contribution in [3.8, 4) is 5.75 Å². The predicted octanol–water partition coefficient (Wildman–Crippen LogP) is 4.03. The summed E-state index contributed by atoms with van der Waals surface area (Å²) in [5.41, 5.74) is 8.07. The number of ether oxygens (including phenoxy) is 1. The molecule has 0 spiro atoms. The molecule has 2 heteroatoms. The lowest BCUT2D eigenvalue weighted by Crippen LogP contribution is -2.40. The summed E-state index contributed by atoms with van der Waals surface area (Å²) in [4.78, 5) is 0. The molecule has 0 amide bonds. The summed E-state index contributed by atoms with van der Waals surface area (Å²) in [6.45, 7) is 7.07. The van der Waals surface area contributed by atoms with Gasteiger partial charge in [0.2, 0.25) is 0 Å². The van der Waals surface area contributed by atoms with E-state index in [1.54, 1.807) is 7.11 Å². The van der Waals surface area contributed by atoms with Crippen molar-refractivity contribution in [3.63, 3.8) is 0 Å². The van der Waals surface area contributed by atoms with Crippen molar-refractivity contribution >= 4 is 0 Å². The van der Waals surface area contributed by atoms with Gasteiger partial charge in [0.25, 0.3) is 0 Å². The number of hydrogen-bond acceptors (Lipinski definition) is 2. The molecule has 2 rings (SSSR count). The SMILES string of the molecule is COc1ccccc1CC1CC(C(C)(C)C)CCC1N. The van der Waals surface area contributed by atoms with Crippen molar-refractivity contribution in [2.24, 2.45) is 23.0 Å². The summed E-state index contributed by atoms with van der Waals surface area (Å²) in [6, 6.07) is 8.67. The molecule has 0 aromatic heterocycles. The third-order valence-electron chi connectivity index (χ3n) is 4.94. The van der Waals surface area contributed by atoms with E-state index < -0.39 is 0 Å². The van der Waals surface area contributed by atoms with Crippen LogP contribution in [0.4, 0.5) is 0 Å². The number of rotatable bonds is 3. The van der Waals surface area contributed by atoms with E-state index in [1.807, 2.05) is 12.1 Å². The van der Waals surface area contributed by atoms with Gasteiger partial charge in [-0.3, -0.25) is 0 Å². The quantitative estimate of drug-likeness (QED) is 0.904. The van der Waals surface area contributed by atoms with E-state index in [0.717, 1.165) is 24.5 Å². The Bertz CT molecular complexity index is 435. The monoisotopic (exact) mass is 275 g/mol. The molecule has 2 N–H and O–H groups in total. The van der Waals surface area contributed by atoms with Crippen LogP contribution in [0.2, 0.25) is 0 Å². The lowest BCUT2D eigenvalue weighted by atomic mass is 9.66. The molecule has 1 aliphatic carbocycles. The molecule has 1 aromatic rings. The summed E-state index contributed by atoms with van der Waals surface area (Å²) >= 11 is 0. The van der Waals surface area contributed by atoms with Crippen LogP contribution in [0, 0.1) is 17.3 Å².